The molecule has 1 aromatic heterocycles. The van der Waals surface area contributed by atoms with Crippen LogP contribution < -0.4 is 20.5 Å². The molecule has 6 nitrogen and oxygen atoms in total. The van der Waals surface area contributed by atoms with Gasteiger partial charge < -0.3 is 20.5 Å². The van der Waals surface area contributed by atoms with Crippen LogP contribution in [0, 0.1) is 18.6 Å². The molecule has 0 spiro atoms. The molecule has 4 rings (SSSR count). The second-order valence-electron chi connectivity index (χ2n) is 6.63. The van der Waals surface area contributed by atoms with E-state index in [0.717, 1.165) is 40.0 Å². The zero-order valence-corrected chi connectivity index (χ0v) is 16.6. The Bertz CT molecular complexity index is 1160. The summed E-state index contributed by atoms with van der Waals surface area (Å²) in [4.78, 5) is 25.2. The van der Waals surface area contributed by atoms with Crippen molar-refractivity contribution in [3.8, 4) is 11.5 Å². The molecule has 0 saturated heterocycles. The number of thiophene rings is 1. The number of benzene rings is 2. The van der Waals surface area contributed by atoms with E-state index in [0.29, 0.717) is 23.5 Å². The van der Waals surface area contributed by atoms with Crippen LogP contribution in [0.25, 0.3) is 0 Å². The van der Waals surface area contributed by atoms with Gasteiger partial charge in [0.05, 0.1) is 5.56 Å². The third-order valence-electron chi connectivity index (χ3n) is 4.71. The van der Waals surface area contributed by atoms with Gasteiger partial charge in [-0.25, -0.2) is 8.78 Å². The number of hydrogen-bond acceptors (Lipinski definition) is 5. The van der Waals surface area contributed by atoms with Crippen molar-refractivity contribution in [2.45, 2.75) is 13.3 Å². The highest BCUT2D eigenvalue weighted by atomic mass is 32.1. The highest BCUT2D eigenvalue weighted by molar-refractivity contribution is 7.17. The summed E-state index contributed by atoms with van der Waals surface area (Å²) in [7, 11) is 0. The van der Waals surface area contributed by atoms with Crippen LogP contribution in [0.3, 0.4) is 0 Å². The molecule has 3 aromatic rings. The van der Waals surface area contributed by atoms with Crippen LogP contribution in [0.5, 0.6) is 11.5 Å². The molecule has 0 unspecified atom stereocenters. The first kappa shape index (κ1) is 19.8. The van der Waals surface area contributed by atoms with Crippen molar-refractivity contribution in [1.82, 2.24) is 0 Å². The molecule has 1 aliphatic rings. The first-order chi connectivity index (χ1) is 14.3. The molecule has 3 N–H and O–H groups in total. The average Bonchev–Trinajstić information content (AvgIpc) is 3.26. The fraction of sp³-hybridized carbons (Fsp3) is 0.143. The summed E-state index contributed by atoms with van der Waals surface area (Å²) in [6, 6.07) is 8.62. The van der Waals surface area contributed by atoms with Crippen LogP contribution in [0.1, 0.15) is 36.7 Å². The summed E-state index contributed by atoms with van der Waals surface area (Å²) in [6.07, 6.45) is 0.442. The van der Waals surface area contributed by atoms with E-state index in [-0.39, 0.29) is 17.4 Å². The summed E-state index contributed by atoms with van der Waals surface area (Å²) < 4.78 is 38.5. The minimum absolute atomic E-state index is 0.112. The lowest BCUT2D eigenvalue weighted by Crippen LogP contribution is -2.19. The maximum atomic E-state index is 13.9. The van der Waals surface area contributed by atoms with Gasteiger partial charge >= 0.3 is 0 Å². The fourth-order valence-corrected chi connectivity index (χ4v) is 4.47. The number of nitrogens with one attached hydrogen (secondary N) is 1. The quantitative estimate of drug-likeness (QED) is 0.640. The van der Waals surface area contributed by atoms with Crippen molar-refractivity contribution in [3.05, 3.63) is 75.2 Å². The molecular weight excluding hydrogens is 414 g/mol. The molecule has 0 radical (unpaired) electrons. The Kier molecular flexibility index (Phi) is 5.13. The average molecular weight is 430 g/mol. The number of amides is 2. The molecule has 1 aliphatic heterocycles. The molecule has 2 amide bonds. The monoisotopic (exact) mass is 430 g/mol. The Hall–Kier alpha value is -3.46. The number of anilines is 1. The Balaban J connectivity index is 1.65. The van der Waals surface area contributed by atoms with E-state index >= 15 is 0 Å². The van der Waals surface area contributed by atoms with Gasteiger partial charge in [0, 0.05) is 11.3 Å². The number of carbonyl (C=O) groups is 2. The molecule has 30 heavy (non-hydrogen) atoms. The number of nitrogens with two attached hydrogens (primary N) is 1. The summed E-state index contributed by atoms with van der Waals surface area (Å²) in [5.41, 5.74) is 6.38. The molecule has 0 saturated carbocycles. The predicted octanol–water partition coefficient (Wildman–Crippen LogP) is 4.01. The Labute approximate surface area is 174 Å². The Morgan fingerprint density at radius 2 is 1.80 bits per heavy atom. The second-order valence-corrected chi connectivity index (χ2v) is 7.74. The molecule has 154 valence electrons. The summed E-state index contributed by atoms with van der Waals surface area (Å²) in [5.74, 6) is -2.46. The smallest absolute Gasteiger partial charge is 0.262 e. The van der Waals surface area contributed by atoms with Crippen molar-refractivity contribution >= 4 is 28.2 Å². The molecule has 9 heteroatoms. The van der Waals surface area contributed by atoms with Crippen molar-refractivity contribution in [2.75, 3.05) is 12.1 Å². The van der Waals surface area contributed by atoms with Crippen LogP contribution >= 0.6 is 11.3 Å². The summed E-state index contributed by atoms with van der Waals surface area (Å²) in [5, 5.41) is 2.57. The first-order valence-electron chi connectivity index (χ1n) is 8.91. The normalized spacial score (nSPS) is 12.1. The minimum Gasteiger partial charge on any atom is -0.454 e. The standard InChI is InChI=1S/C21H16F2N2O4S/c1-10-16(8-11-5-6-14-15(7-11)29-9-28-14)30-21(17(10)19(24)26)25-20(27)18-12(22)3-2-4-13(18)23/h2-7H,8-9H2,1H3,(H2,24,26)(H,25,27). The van der Waals surface area contributed by atoms with Crippen molar-refractivity contribution < 1.29 is 27.8 Å². The number of halogens is 2. The van der Waals surface area contributed by atoms with Gasteiger partial charge in [-0.05, 0) is 42.3 Å². The fourth-order valence-electron chi connectivity index (χ4n) is 3.23. The maximum Gasteiger partial charge on any atom is 0.262 e. The van der Waals surface area contributed by atoms with Gasteiger partial charge in [0.25, 0.3) is 11.8 Å². The topological polar surface area (TPSA) is 90.7 Å². The predicted molar refractivity (Wildman–Crippen MR) is 107 cm³/mol. The second kappa shape index (κ2) is 7.75. The third kappa shape index (κ3) is 3.59. The molecule has 0 bridgehead atoms. The van der Waals surface area contributed by atoms with E-state index < -0.39 is 29.0 Å². The van der Waals surface area contributed by atoms with Gasteiger partial charge in [-0.3, -0.25) is 9.59 Å². The highest BCUT2D eigenvalue weighted by Gasteiger charge is 2.24. The molecule has 0 aliphatic carbocycles. The zero-order valence-electron chi connectivity index (χ0n) is 15.8. The van der Waals surface area contributed by atoms with Gasteiger partial charge in [-0.15, -0.1) is 11.3 Å². The maximum absolute atomic E-state index is 13.9. The van der Waals surface area contributed by atoms with Gasteiger partial charge in [-0.1, -0.05) is 12.1 Å². The van der Waals surface area contributed by atoms with Crippen LogP contribution in [0.15, 0.2) is 36.4 Å². The van der Waals surface area contributed by atoms with Gasteiger partial charge in [0.1, 0.15) is 22.2 Å². The zero-order chi connectivity index (χ0) is 21.4. The van der Waals surface area contributed by atoms with Crippen LogP contribution in [0.2, 0.25) is 0 Å². The first-order valence-corrected chi connectivity index (χ1v) is 9.72. The number of hydrogen-bond donors (Lipinski definition) is 2. The number of rotatable bonds is 5. The lowest BCUT2D eigenvalue weighted by Gasteiger charge is -2.07. The lowest BCUT2D eigenvalue weighted by atomic mass is 10.0. The van der Waals surface area contributed by atoms with Crippen LogP contribution in [-0.4, -0.2) is 18.6 Å². The van der Waals surface area contributed by atoms with E-state index in [1.807, 2.05) is 12.1 Å². The molecule has 2 heterocycles. The van der Waals surface area contributed by atoms with Crippen molar-refractivity contribution in [1.29, 1.82) is 0 Å². The number of primary amides is 1. The lowest BCUT2D eigenvalue weighted by molar-refractivity contribution is 0.100. The Morgan fingerprint density at radius 1 is 1.10 bits per heavy atom. The molecule has 0 fully saturated rings. The number of ether oxygens (including phenoxy) is 2. The highest BCUT2D eigenvalue weighted by Crippen LogP contribution is 2.37. The van der Waals surface area contributed by atoms with Gasteiger partial charge in [0.15, 0.2) is 11.5 Å². The summed E-state index contributed by atoms with van der Waals surface area (Å²) in [6.45, 7) is 1.86. The molecular formula is C21H16F2N2O4S. The SMILES string of the molecule is Cc1c(Cc2ccc3c(c2)OCO3)sc(NC(=O)c2c(F)cccc2F)c1C(N)=O. The van der Waals surface area contributed by atoms with Gasteiger partial charge in [-0.2, -0.15) is 0 Å². The van der Waals surface area contributed by atoms with E-state index in [1.165, 1.54) is 0 Å². The van der Waals surface area contributed by atoms with Gasteiger partial charge in [0.2, 0.25) is 6.79 Å². The largest absolute Gasteiger partial charge is 0.454 e. The van der Waals surface area contributed by atoms with Crippen molar-refractivity contribution in [2.24, 2.45) is 5.73 Å². The van der Waals surface area contributed by atoms with Crippen molar-refractivity contribution in [3.63, 3.8) is 0 Å². The van der Waals surface area contributed by atoms with Crippen LogP contribution in [0.4, 0.5) is 13.8 Å². The summed E-state index contributed by atoms with van der Waals surface area (Å²) >= 11 is 1.13. The minimum atomic E-state index is -0.998. The van der Waals surface area contributed by atoms with E-state index in [1.54, 1.807) is 13.0 Å². The van der Waals surface area contributed by atoms with E-state index in [2.05, 4.69) is 5.32 Å². The third-order valence-corrected chi connectivity index (χ3v) is 5.92. The molecule has 2 aromatic carbocycles. The van der Waals surface area contributed by atoms with Crippen LogP contribution in [-0.2, 0) is 6.42 Å². The number of fused-ring (bicyclic) bond motifs is 1. The number of carbonyl (C=O) groups excluding carboxylic acids is 2. The Morgan fingerprint density at radius 3 is 2.50 bits per heavy atom. The van der Waals surface area contributed by atoms with E-state index in [4.69, 9.17) is 15.2 Å². The van der Waals surface area contributed by atoms with E-state index in [9.17, 15) is 18.4 Å². The molecule has 0 atom stereocenters.